The largest absolute Gasteiger partial charge is 0.398 e. The van der Waals surface area contributed by atoms with Crippen molar-refractivity contribution in [2.75, 3.05) is 0 Å². The molecule has 1 unspecified atom stereocenters. The summed E-state index contributed by atoms with van der Waals surface area (Å²) in [7, 11) is 0. The van der Waals surface area contributed by atoms with Crippen LogP contribution in [0.1, 0.15) is 19.4 Å². The molecule has 0 amide bonds. The Labute approximate surface area is 110 Å². The standard InChI is InChI=1S/C17H21N/c1-4-6-10-14(3)15(5-2)13-17(18)16-11-8-7-9-12-16/h4-14H,1,18H2,2-3H3/b10-6-,15-5+,17-13-. The molecule has 1 atom stereocenters. The third kappa shape index (κ3) is 4.10. The van der Waals surface area contributed by atoms with Crippen LogP contribution in [0.2, 0.25) is 0 Å². The molecule has 1 aromatic rings. The topological polar surface area (TPSA) is 26.0 Å². The van der Waals surface area contributed by atoms with Crippen LogP contribution in [0.5, 0.6) is 0 Å². The lowest BCUT2D eigenvalue weighted by Crippen LogP contribution is -2.00. The van der Waals surface area contributed by atoms with Gasteiger partial charge in [0.1, 0.15) is 0 Å². The van der Waals surface area contributed by atoms with E-state index in [0.29, 0.717) is 5.92 Å². The van der Waals surface area contributed by atoms with Gasteiger partial charge < -0.3 is 5.73 Å². The summed E-state index contributed by atoms with van der Waals surface area (Å²) in [6.45, 7) is 7.85. The van der Waals surface area contributed by atoms with Crippen LogP contribution in [-0.2, 0) is 0 Å². The Morgan fingerprint density at radius 1 is 1.28 bits per heavy atom. The molecule has 0 aromatic heterocycles. The molecule has 0 aliphatic carbocycles. The minimum Gasteiger partial charge on any atom is -0.398 e. The molecule has 1 rings (SSSR count). The quantitative estimate of drug-likeness (QED) is 0.761. The summed E-state index contributed by atoms with van der Waals surface area (Å²) in [6, 6.07) is 10.0. The predicted molar refractivity (Wildman–Crippen MR) is 80.9 cm³/mol. The van der Waals surface area contributed by atoms with Crippen LogP contribution in [0.4, 0.5) is 0 Å². The maximum Gasteiger partial charge on any atom is 0.0390 e. The smallest absolute Gasteiger partial charge is 0.0390 e. The Morgan fingerprint density at radius 3 is 2.50 bits per heavy atom. The van der Waals surface area contributed by atoms with Crippen LogP contribution in [0, 0.1) is 5.92 Å². The van der Waals surface area contributed by atoms with Crippen LogP contribution in [-0.4, -0.2) is 0 Å². The Kier molecular flexibility index (Phi) is 5.72. The average Bonchev–Trinajstić information content (AvgIpc) is 2.42. The summed E-state index contributed by atoms with van der Waals surface area (Å²) in [4.78, 5) is 0. The first-order valence-electron chi connectivity index (χ1n) is 6.17. The zero-order valence-electron chi connectivity index (χ0n) is 11.1. The molecule has 0 spiro atoms. The van der Waals surface area contributed by atoms with Crippen molar-refractivity contribution in [3.05, 3.63) is 78.4 Å². The second-order valence-electron chi connectivity index (χ2n) is 4.16. The van der Waals surface area contributed by atoms with Crippen molar-refractivity contribution in [2.45, 2.75) is 13.8 Å². The molecule has 18 heavy (non-hydrogen) atoms. The van der Waals surface area contributed by atoms with E-state index in [1.807, 2.05) is 49.4 Å². The Hall–Kier alpha value is -2.02. The average molecular weight is 239 g/mol. The lowest BCUT2D eigenvalue weighted by molar-refractivity contribution is 0.888. The van der Waals surface area contributed by atoms with Crippen LogP contribution in [0.25, 0.3) is 5.70 Å². The molecular formula is C17H21N. The van der Waals surface area contributed by atoms with E-state index in [4.69, 9.17) is 5.73 Å². The molecule has 0 radical (unpaired) electrons. The molecule has 1 aromatic carbocycles. The number of nitrogens with two attached hydrogens (primary N) is 1. The molecule has 94 valence electrons. The first kappa shape index (κ1) is 14.0. The predicted octanol–water partition coefficient (Wildman–Crippen LogP) is 4.31. The van der Waals surface area contributed by atoms with Crippen LogP contribution < -0.4 is 5.73 Å². The first-order chi connectivity index (χ1) is 8.69. The monoisotopic (exact) mass is 239 g/mol. The van der Waals surface area contributed by atoms with Crippen molar-refractivity contribution in [1.29, 1.82) is 0 Å². The molecule has 0 bridgehead atoms. The number of allylic oxidation sites excluding steroid dienone is 6. The molecule has 1 heteroatoms. The van der Waals surface area contributed by atoms with Gasteiger partial charge in [-0.15, -0.1) is 0 Å². The van der Waals surface area contributed by atoms with Crippen molar-refractivity contribution in [3.8, 4) is 0 Å². The van der Waals surface area contributed by atoms with Gasteiger partial charge in [-0.25, -0.2) is 0 Å². The van der Waals surface area contributed by atoms with Crippen molar-refractivity contribution in [2.24, 2.45) is 11.7 Å². The van der Waals surface area contributed by atoms with E-state index >= 15 is 0 Å². The molecule has 0 aliphatic heterocycles. The van der Waals surface area contributed by atoms with Gasteiger partial charge in [-0.2, -0.15) is 0 Å². The highest BCUT2D eigenvalue weighted by Gasteiger charge is 2.03. The fourth-order valence-corrected chi connectivity index (χ4v) is 1.73. The van der Waals surface area contributed by atoms with Gasteiger partial charge in [0.2, 0.25) is 0 Å². The maximum absolute atomic E-state index is 6.11. The van der Waals surface area contributed by atoms with E-state index in [9.17, 15) is 0 Å². The third-order valence-corrected chi connectivity index (χ3v) is 2.82. The number of hydrogen-bond acceptors (Lipinski definition) is 1. The number of benzene rings is 1. The highest BCUT2D eigenvalue weighted by Crippen LogP contribution is 2.18. The lowest BCUT2D eigenvalue weighted by Gasteiger charge is -2.09. The van der Waals surface area contributed by atoms with Crippen molar-refractivity contribution < 1.29 is 0 Å². The molecular weight excluding hydrogens is 218 g/mol. The van der Waals surface area contributed by atoms with Gasteiger partial charge in [0.05, 0.1) is 0 Å². The SMILES string of the molecule is C=C/C=C\C(C)C(/C=C(\N)c1ccccc1)=C/C. The summed E-state index contributed by atoms with van der Waals surface area (Å²) in [5.41, 5.74) is 9.16. The molecule has 0 aliphatic rings. The number of rotatable bonds is 5. The van der Waals surface area contributed by atoms with Gasteiger partial charge in [0.25, 0.3) is 0 Å². The minimum absolute atomic E-state index is 0.329. The highest BCUT2D eigenvalue weighted by atomic mass is 14.6. The highest BCUT2D eigenvalue weighted by molar-refractivity contribution is 5.65. The Balaban J connectivity index is 2.92. The second kappa shape index (κ2) is 7.33. The summed E-state index contributed by atoms with van der Waals surface area (Å²) < 4.78 is 0. The van der Waals surface area contributed by atoms with E-state index in [1.54, 1.807) is 6.08 Å². The molecule has 0 saturated heterocycles. The molecule has 0 fully saturated rings. The van der Waals surface area contributed by atoms with Crippen LogP contribution in [0.15, 0.2) is 72.9 Å². The van der Waals surface area contributed by atoms with Gasteiger partial charge in [0.15, 0.2) is 0 Å². The zero-order valence-corrected chi connectivity index (χ0v) is 11.1. The van der Waals surface area contributed by atoms with E-state index in [-0.39, 0.29) is 0 Å². The summed E-state index contributed by atoms with van der Waals surface area (Å²) in [5, 5.41) is 0. The molecule has 0 heterocycles. The van der Waals surface area contributed by atoms with E-state index in [0.717, 1.165) is 11.3 Å². The van der Waals surface area contributed by atoms with Gasteiger partial charge in [-0.05, 0) is 30.1 Å². The van der Waals surface area contributed by atoms with Gasteiger partial charge >= 0.3 is 0 Å². The van der Waals surface area contributed by atoms with Crippen LogP contribution >= 0.6 is 0 Å². The zero-order chi connectivity index (χ0) is 13.4. The van der Waals surface area contributed by atoms with Crippen molar-refractivity contribution in [1.82, 2.24) is 0 Å². The molecule has 0 saturated carbocycles. The molecule has 2 N–H and O–H groups in total. The number of hydrogen-bond donors (Lipinski definition) is 1. The van der Waals surface area contributed by atoms with Crippen molar-refractivity contribution >= 4 is 5.70 Å². The second-order valence-corrected chi connectivity index (χ2v) is 4.16. The summed E-state index contributed by atoms with van der Waals surface area (Å²) >= 11 is 0. The maximum atomic E-state index is 6.11. The van der Waals surface area contributed by atoms with Gasteiger partial charge in [-0.1, -0.05) is 68.1 Å². The molecule has 1 nitrogen and oxygen atoms in total. The Bertz CT molecular complexity index is 464. The third-order valence-electron chi connectivity index (χ3n) is 2.82. The fourth-order valence-electron chi connectivity index (χ4n) is 1.73. The summed E-state index contributed by atoms with van der Waals surface area (Å²) in [5.74, 6) is 0.329. The van der Waals surface area contributed by atoms with E-state index in [1.165, 1.54) is 5.57 Å². The lowest BCUT2D eigenvalue weighted by atomic mass is 9.98. The normalized spacial score (nSPS) is 14.8. The van der Waals surface area contributed by atoms with E-state index in [2.05, 4.69) is 25.7 Å². The minimum atomic E-state index is 0.329. The Morgan fingerprint density at radius 2 is 1.94 bits per heavy atom. The summed E-state index contributed by atoms with van der Waals surface area (Å²) in [6.07, 6.45) is 9.98. The fraction of sp³-hybridized carbons (Fsp3) is 0.176. The van der Waals surface area contributed by atoms with Gasteiger partial charge in [-0.3, -0.25) is 0 Å². The van der Waals surface area contributed by atoms with Crippen LogP contribution in [0.3, 0.4) is 0 Å². The van der Waals surface area contributed by atoms with Gasteiger partial charge in [0, 0.05) is 5.70 Å². The first-order valence-corrected chi connectivity index (χ1v) is 6.17. The van der Waals surface area contributed by atoms with E-state index < -0.39 is 0 Å². The van der Waals surface area contributed by atoms with Crippen molar-refractivity contribution in [3.63, 3.8) is 0 Å².